The normalized spacial score (nSPS) is 15.5. The molecule has 0 radical (unpaired) electrons. The van der Waals surface area contributed by atoms with E-state index in [9.17, 15) is 13.2 Å². The number of benzene rings is 2. The zero-order valence-electron chi connectivity index (χ0n) is 13.7. The van der Waals surface area contributed by atoms with E-state index in [0.29, 0.717) is 16.8 Å². The molecule has 1 aliphatic rings. The maximum Gasteiger partial charge on any atom is 0.256 e. The van der Waals surface area contributed by atoms with Crippen molar-refractivity contribution < 1.29 is 13.2 Å². The van der Waals surface area contributed by atoms with Crippen LogP contribution in [-0.4, -0.2) is 14.3 Å². The molecule has 0 saturated carbocycles. The average Bonchev–Trinajstić information content (AvgIpc) is 2.79. The topological polar surface area (TPSA) is 89.3 Å². The second-order valence-electron chi connectivity index (χ2n) is 6.06. The quantitative estimate of drug-likeness (QED) is 0.822. The molecule has 3 N–H and O–H groups in total. The Morgan fingerprint density at radius 1 is 1.00 bits per heavy atom. The van der Waals surface area contributed by atoms with Crippen LogP contribution in [0.1, 0.15) is 27.8 Å². The van der Waals surface area contributed by atoms with Crippen molar-refractivity contribution in [2.45, 2.75) is 25.7 Å². The summed E-state index contributed by atoms with van der Waals surface area (Å²) in [7, 11) is -3.82. The van der Waals surface area contributed by atoms with E-state index >= 15 is 0 Å². The van der Waals surface area contributed by atoms with Crippen LogP contribution in [0.4, 0.5) is 5.69 Å². The van der Waals surface area contributed by atoms with Crippen LogP contribution < -0.4 is 10.5 Å². The molecule has 2 aromatic carbocycles. The number of aryl methyl sites for hydroxylation is 3. The van der Waals surface area contributed by atoms with Gasteiger partial charge in [-0.25, -0.2) is 13.6 Å². The number of primary sulfonamides is 1. The molecule has 1 heterocycles. The number of carbonyl (C=O) groups excluding carboxylic acids is 1. The van der Waals surface area contributed by atoms with Crippen molar-refractivity contribution in [3.8, 4) is 0 Å². The molecule has 0 unspecified atom stereocenters. The van der Waals surface area contributed by atoms with Gasteiger partial charge in [0.15, 0.2) is 0 Å². The van der Waals surface area contributed by atoms with E-state index in [1.165, 1.54) is 17.7 Å². The Hall–Kier alpha value is -2.44. The number of fused-ring (bicyclic) bond motifs is 1. The van der Waals surface area contributed by atoms with E-state index in [1.807, 2.05) is 26.8 Å². The van der Waals surface area contributed by atoms with Gasteiger partial charge in [-0.05, 0) is 67.3 Å². The Bertz CT molecular complexity index is 1010. The molecule has 1 aliphatic heterocycles. The van der Waals surface area contributed by atoms with Gasteiger partial charge in [-0.15, -0.1) is 0 Å². The molecule has 0 aromatic heterocycles. The van der Waals surface area contributed by atoms with Crippen molar-refractivity contribution in [1.29, 1.82) is 0 Å². The summed E-state index contributed by atoms with van der Waals surface area (Å²) in [5.74, 6) is -0.255. The van der Waals surface area contributed by atoms with Gasteiger partial charge >= 0.3 is 0 Å². The summed E-state index contributed by atoms with van der Waals surface area (Å²) in [6, 6.07) is 8.47. The van der Waals surface area contributed by atoms with Gasteiger partial charge in [0.05, 0.1) is 4.90 Å². The molecule has 0 spiro atoms. The maximum absolute atomic E-state index is 12.3. The first-order chi connectivity index (χ1) is 11.2. The first-order valence-electron chi connectivity index (χ1n) is 7.45. The summed E-state index contributed by atoms with van der Waals surface area (Å²) in [5, 5.41) is 7.94. The first-order valence-corrected chi connectivity index (χ1v) is 8.99. The van der Waals surface area contributed by atoms with Crippen LogP contribution in [-0.2, 0) is 14.8 Å². The number of nitrogens with one attached hydrogen (secondary N) is 1. The van der Waals surface area contributed by atoms with Crippen LogP contribution >= 0.6 is 0 Å². The monoisotopic (exact) mass is 342 g/mol. The van der Waals surface area contributed by atoms with Gasteiger partial charge in [0.2, 0.25) is 10.0 Å². The molecule has 2 aromatic rings. The van der Waals surface area contributed by atoms with Gasteiger partial charge in [0.1, 0.15) is 0 Å². The highest BCUT2D eigenvalue weighted by atomic mass is 32.2. The number of amides is 1. The largest absolute Gasteiger partial charge is 0.321 e. The fourth-order valence-corrected chi connectivity index (χ4v) is 3.32. The SMILES string of the molecule is Cc1cc(C)c(C=C2C(=O)Nc3ccc(S(N)(=O)=O)cc32)cc1C. The highest BCUT2D eigenvalue weighted by Crippen LogP contribution is 2.35. The Balaban J connectivity index is 2.18. The summed E-state index contributed by atoms with van der Waals surface area (Å²) >= 11 is 0. The van der Waals surface area contributed by atoms with Crippen LogP contribution in [0.3, 0.4) is 0 Å². The van der Waals surface area contributed by atoms with Crippen LogP contribution in [0.15, 0.2) is 35.2 Å². The second-order valence-corrected chi connectivity index (χ2v) is 7.62. The predicted octanol–water partition coefficient (Wildman–Crippen LogP) is 2.75. The zero-order chi connectivity index (χ0) is 17.6. The molecule has 0 fully saturated rings. The fourth-order valence-electron chi connectivity index (χ4n) is 2.78. The van der Waals surface area contributed by atoms with E-state index in [4.69, 9.17) is 5.14 Å². The van der Waals surface area contributed by atoms with Gasteiger partial charge in [-0.2, -0.15) is 0 Å². The maximum atomic E-state index is 12.3. The van der Waals surface area contributed by atoms with Crippen molar-refractivity contribution in [2.24, 2.45) is 5.14 Å². The fraction of sp³-hybridized carbons (Fsp3) is 0.167. The van der Waals surface area contributed by atoms with Crippen molar-refractivity contribution in [2.75, 3.05) is 5.32 Å². The lowest BCUT2D eigenvalue weighted by molar-refractivity contribution is -0.110. The molecule has 0 atom stereocenters. The van der Waals surface area contributed by atoms with Crippen LogP contribution in [0.5, 0.6) is 0 Å². The minimum atomic E-state index is -3.82. The third kappa shape index (κ3) is 2.86. The van der Waals surface area contributed by atoms with Crippen molar-refractivity contribution in [3.63, 3.8) is 0 Å². The highest BCUT2D eigenvalue weighted by molar-refractivity contribution is 7.89. The Morgan fingerprint density at radius 2 is 1.67 bits per heavy atom. The minimum absolute atomic E-state index is 0.0135. The van der Waals surface area contributed by atoms with Gasteiger partial charge in [0.25, 0.3) is 5.91 Å². The minimum Gasteiger partial charge on any atom is -0.321 e. The van der Waals surface area contributed by atoms with Gasteiger partial charge < -0.3 is 5.32 Å². The standard InChI is InChI=1S/C18H18N2O3S/c1-10-6-12(3)13(7-11(10)2)8-16-15-9-14(24(19,22)23)4-5-17(15)20-18(16)21/h4-9H,1-3H3,(H,20,21)(H2,19,22,23). The molecule has 0 bridgehead atoms. The lowest BCUT2D eigenvalue weighted by Gasteiger charge is -2.07. The first kappa shape index (κ1) is 16.4. The molecule has 0 saturated heterocycles. The molecule has 24 heavy (non-hydrogen) atoms. The number of rotatable bonds is 2. The third-order valence-electron chi connectivity index (χ3n) is 4.28. The summed E-state index contributed by atoms with van der Waals surface area (Å²) in [6.07, 6.45) is 1.79. The molecule has 6 heteroatoms. The molecule has 1 amide bonds. The second kappa shape index (κ2) is 5.58. The smallest absolute Gasteiger partial charge is 0.256 e. The van der Waals surface area contributed by atoms with Crippen LogP contribution in [0.25, 0.3) is 11.6 Å². The summed E-state index contributed by atoms with van der Waals surface area (Å²) in [4.78, 5) is 12.3. The van der Waals surface area contributed by atoms with Gasteiger partial charge in [-0.1, -0.05) is 12.1 Å². The molecule has 5 nitrogen and oxygen atoms in total. The number of carbonyl (C=O) groups is 1. The molecule has 0 aliphatic carbocycles. The zero-order valence-corrected chi connectivity index (χ0v) is 14.5. The predicted molar refractivity (Wildman–Crippen MR) is 95.0 cm³/mol. The number of sulfonamides is 1. The molecule has 3 rings (SSSR count). The van der Waals surface area contributed by atoms with E-state index in [2.05, 4.69) is 11.4 Å². The van der Waals surface area contributed by atoms with E-state index in [-0.39, 0.29) is 10.8 Å². The van der Waals surface area contributed by atoms with Gasteiger partial charge in [-0.3, -0.25) is 4.79 Å². The van der Waals surface area contributed by atoms with Crippen molar-refractivity contribution in [3.05, 3.63) is 58.1 Å². The highest BCUT2D eigenvalue weighted by Gasteiger charge is 2.26. The van der Waals surface area contributed by atoms with E-state index in [1.54, 1.807) is 12.1 Å². The number of nitrogens with two attached hydrogens (primary N) is 1. The molecule has 124 valence electrons. The molecular weight excluding hydrogens is 324 g/mol. The Morgan fingerprint density at radius 3 is 2.33 bits per heavy atom. The van der Waals surface area contributed by atoms with Crippen molar-refractivity contribution >= 4 is 33.3 Å². The van der Waals surface area contributed by atoms with Gasteiger partial charge in [0, 0.05) is 16.8 Å². The number of hydrogen-bond donors (Lipinski definition) is 2. The van der Waals surface area contributed by atoms with E-state index in [0.717, 1.165) is 16.7 Å². The lowest BCUT2D eigenvalue weighted by atomic mass is 9.97. The lowest BCUT2D eigenvalue weighted by Crippen LogP contribution is -2.12. The summed E-state index contributed by atoms with van der Waals surface area (Å²) < 4.78 is 23.1. The van der Waals surface area contributed by atoms with Crippen LogP contribution in [0.2, 0.25) is 0 Å². The Labute approximate surface area is 141 Å². The average molecular weight is 342 g/mol. The number of hydrogen-bond acceptors (Lipinski definition) is 3. The van der Waals surface area contributed by atoms with E-state index < -0.39 is 10.0 Å². The third-order valence-corrected chi connectivity index (χ3v) is 5.20. The summed E-state index contributed by atoms with van der Waals surface area (Å²) in [5.41, 5.74) is 5.85. The van der Waals surface area contributed by atoms with Crippen LogP contribution in [0, 0.1) is 20.8 Å². The summed E-state index contributed by atoms with van der Waals surface area (Å²) in [6.45, 7) is 6.03. The van der Waals surface area contributed by atoms with Crippen molar-refractivity contribution in [1.82, 2.24) is 0 Å². The number of anilines is 1. The Kier molecular flexibility index (Phi) is 3.81. The molecular formula is C18H18N2O3S.